The zero-order chi connectivity index (χ0) is 28.5. The molecule has 6 rings (SSSR count). The van der Waals surface area contributed by atoms with Crippen LogP contribution in [0, 0.1) is 0 Å². The van der Waals surface area contributed by atoms with E-state index in [9.17, 15) is 14.4 Å². The summed E-state index contributed by atoms with van der Waals surface area (Å²) in [5.74, 6) is 0.0847. The molecular formula is C31H29N3O7. The molecule has 0 spiro atoms. The summed E-state index contributed by atoms with van der Waals surface area (Å²) in [4.78, 5) is 47.9. The van der Waals surface area contributed by atoms with Gasteiger partial charge in [0.25, 0.3) is 11.8 Å². The number of nitrogens with zero attached hydrogens (tertiary/aromatic N) is 3. The number of ether oxygens (including phenoxy) is 3. The first-order valence-electron chi connectivity index (χ1n) is 13.4. The summed E-state index contributed by atoms with van der Waals surface area (Å²) in [5.41, 5.74) is 2.86. The van der Waals surface area contributed by atoms with E-state index in [-0.39, 0.29) is 30.9 Å². The Hall–Kier alpha value is -4.70. The van der Waals surface area contributed by atoms with E-state index in [4.69, 9.17) is 18.6 Å². The third-order valence-corrected chi connectivity index (χ3v) is 7.48. The van der Waals surface area contributed by atoms with Gasteiger partial charge >= 0.3 is 0 Å². The van der Waals surface area contributed by atoms with Crippen LogP contribution in [0.1, 0.15) is 29.6 Å². The first kappa shape index (κ1) is 26.5. The number of benzene rings is 3. The average molecular weight is 556 g/mol. The Morgan fingerprint density at radius 2 is 1.80 bits per heavy atom. The van der Waals surface area contributed by atoms with Crippen molar-refractivity contribution in [2.75, 3.05) is 32.3 Å². The van der Waals surface area contributed by atoms with E-state index < -0.39 is 11.9 Å². The van der Waals surface area contributed by atoms with Gasteiger partial charge in [-0.25, -0.2) is 9.88 Å². The van der Waals surface area contributed by atoms with E-state index in [1.165, 1.54) is 19.1 Å². The first-order chi connectivity index (χ1) is 20.0. The second kappa shape index (κ2) is 11.1. The second-order valence-electron chi connectivity index (χ2n) is 9.98. The van der Waals surface area contributed by atoms with Crippen LogP contribution in [0.5, 0.6) is 11.5 Å². The van der Waals surface area contributed by atoms with Gasteiger partial charge in [-0.1, -0.05) is 12.1 Å². The number of imide groups is 1. The largest absolute Gasteiger partial charge is 0.493 e. The van der Waals surface area contributed by atoms with E-state index in [0.717, 1.165) is 23.3 Å². The van der Waals surface area contributed by atoms with Crippen LogP contribution in [0.25, 0.3) is 22.6 Å². The Balaban J connectivity index is 1.27. The summed E-state index contributed by atoms with van der Waals surface area (Å²) < 4.78 is 22.3. The highest BCUT2D eigenvalue weighted by Crippen LogP contribution is 2.32. The van der Waals surface area contributed by atoms with Crippen molar-refractivity contribution in [3.05, 3.63) is 72.3 Å². The van der Waals surface area contributed by atoms with Crippen LogP contribution >= 0.6 is 0 Å². The summed E-state index contributed by atoms with van der Waals surface area (Å²) in [6, 6.07) is 18.2. The summed E-state index contributed by atoms with van der Waals surface area (Å²) >= 11 is 0. The van der Waals surface area contributed by atoms with Crippen LogP contribution in [0.15, 0.2) is 71.1 Å². The van der Waals surface area contributed by atoms with Crippen molar-refractivity contribution in [1.29, 1.82) is 0 Å². The van der Waals surface area contributed by atoms with Crippen molar-refractivity contribution in [2.45, 2.75) is 31.4 Å². The number of methoxy groups -OCH3 is 2. The zero-order valence-electron chi connectivity index (χ0n) is 22.7. The number of hydrogen-bond acceptors (Lipinski definition) is 8. The second-order valence-corrected chi connectivity index (χ2v) is 9.98. The molecule has 10 heteroatoms. The lowest BCUT2D eigenvalue weighted by Crippen LogP contribution is -2.48. The Bertz CT molecular complexity index is 1570. The molecule has 0 N–H and O–H groups in total. The minimum absolute atomic E-state index is 0.128. The summed E-state index contributed by atoms with van der Waals surface area (Å²) in [5, 5.41) is 0. The van der Waals surface area contributed by atoms with Gasteiger partial charge in [0, 0.05) is 24.3 Å². The van der Waals surface area contributed by atoms with Gasteiger partial charge in [-0.2, -0.15) is 0 Å². The number of amides is 3. The minimum Gasteiger partial charge on any atom is -0.493 e. The highest BCUT2D eigenvalue weighted by atomic mass is 16.5. The molecule has 2 saturated heterocycles. The molecule has 2 fully saturated rings. The smallest absolute Gasteiger partial charge is 0.257 e. The van der Waals surface area contributed by atoms with Gasteiger partial charge in [-0.05, 0) is 67.4 Å². The molecule has 2 unspecified atom stereocenters. The summed E-state index contributed by atoms with van der Waals surface area (Å²) in [6.45, 7) is 0.792. The fraction of sp³-hybridized carbons (Fsp3) is 0.290. The maximum atomic E-state index is 13.8. The molecule has 3 aromatic carbocycles. The molecule has 3 amide bonds. The van der Waals surface area contributed by atoms with Gasteiger partial charge in [0.15, 0.2) is 17.1 Å². The number of fused-ring (bicyclic) bond motifs is 1. The Kier molecular flexibility index (Phi) is 7.15. The lowest BCUT2D eigenvalue weighted by molar-refractivity contribution is -0.122. The number of aromatic nitrogens is 1. The fourth-order valence-electron chi connectivity index (χ4n) is 5.37. The normalized spacial score (nSPS) is 18.7. The predicted octanol–water partition coefficient (Wildman–Crippen LogP) is 4.47. The van der Waals surface area contributed by atoms with Crippen LogP contribution in [0.2, 0.25) is 0 Å². The Morgan fingerprint density at radius 3 is 2.51 bits per heavy atom. The molecule has 41 heavy (non-hydrogen) atoms. The maximum Gasteiger partial charge on any atom is 0.257 e. The van der Waals surface area contributed by atoms with Crippen molar-refractivity contribution in [3.63, 3.8) is 0 Å². The molecule has 2 aliphatic rings. The third-order valence-electron chi connectivity index (χ3n) is 7.48. The molecular weight excluding hydrogens is 526 g/mol. The standard InChI is InChI=1S/C31H29N3O7/c1-38-26-14-11-20(16-27(26)39-2)30(36)33(18-22-6-5-15-40-22)24-17-28(35)34(31(24)37)21-12-9-19(10-13-21)29-32-23-7-3-4-8-25(23)41-29/h3-4,7-14,16,22,24H,5-6,15,17-18H2,1-2H3. The van der Waals surface area contributed by atoms with Crippen LogP contribution < -0.4 is 14.4 Å². The number of rotatable bonds is 8. The lowest BCUT2D eigenvalue weighted by atomic mass is 10.1. The molecule has 0 radical (unpaired) electrons. The third kappa shape index (κ3) is 5.02. The van der Waals surface area contributed by atoms with Gasteiger partial charge in [0.1, 0.15) is 11.6 Å². The van der Waals surface area contributed by atoms with E-state index in [0.29, 0.717) is 46.4 Å². The Labute approximate surface area is 236 Å². The lowest BCUT2D eigenvalue weighted by Gasteiger charge is -2.30. The molecule has 0 saturated carbocycles. The van der Waals surface area contributed by atoms with Crippen LogP contribution in [-0.4, -0.2) is 67.1 Å². The van der Waals surface area contributed by atoms with Crippen molar-refractivity contribution in [3.8, 4) is 23.0 Å². The zero-order valence-corrected chi connectivity index (χ0v) is 22.7. The van der Waals surface area contributed by atoms with Crippen molar-refractivity contribution >= 4 is 34.5 Å². The molecule has 0 bridgehead atoms. The maximum absolute atomic E-state index is 13.8. The predicted molar refractivity (Wildman–Crippen MR) is 150 cm³/mol. The van der Waals surface area contributed by atoms with Crippen molar-refractivity contribution < 1.29 is 33.0 Å². The number of para-hydroxylation sites is 2. The minimum atomic E-state index is -0.969. The van der Waals surface area contributed by atoms with Crippen molar-refractivity contribution in [1.82, 2.24) is 9.88 Å². The highest BCUT2D eigenvalue weighted by Gasteiger charge is 2.45. The van der Waals surface area contributed by atoms with Gasteiger partial charge < -0.3 is 23.5 Å². The van der Waals surface area contributed by atoms with E-state index in [1.807, 2.05) is 24.3 Å². The van der Waals surface area contributed by atoms with E-state index >= 15 is 0 Å². The fourth-order valence-corrected chi connectivity index (χ4v) is 5.37. The topological polar surface area (TPSA) is 111 Å². The van der Waals surface area contributed by atoms with Crippen LogP contribution in [0.4, 0.5) is 5.69 Å². The summed E-state index contributed by atoms with van der Waals surface area (Å²) in [7, 11) is 3.00. The van der Waals surface area contributed by atoms with Gasteiger partial charge in [0.2, 0.25) is 11.8 Å². The monoisotopic (exact) mass is 555 g/mol. The van der Waals surface area contributed by atoms with Gasteiger partial charge in [0.05, 0.1) is 32.4 Å². The molecule has 210 valence electrons. The van der Waals surface area contributed by atoms with Crippen molar-refractivity contribution in [2.24, 2.45) is 0 Å². The molecule has 2 aliphatic heterocycles. The molecule has 4 aromatic rings. The Morgan fingerprint density at radius 1 is 1.02 bits per heavy atom. The number of carbonyl (C=O) groups is 3. The molecule has 2 atom stereocenters. The SMILES string of the molecule is COc1ccc(C(=O)N(CC2CCCO2)C2CC(=O)N(c3ccc(-c4nc5ccccc5o4)cc3)C2=O)cc1OC. The average Bonchev–Trinajstić information content (AvgIpc) is 3.74. The number of hydrogen-bond donors (Lipinski definition) is 0. The molecule has 0 aliphatic carbocycles. The van der Waals surface area contributed by atoms with Crippen LogP contribution in [-0.2, 0) is 14.3 Å². The first-order valence-corrected chi connectivity index (χ1v) is 13.4. The number of anilines is 1. The van der Waals surface area contributed by atoms with Crippen LogP contribution in [0.3, 0.4) is 0 Å². The quantitative estimate of drug-likeness (QED) is 0.293. The molecule has 1 aromatic heterocycles. The molecule has 3 heterocycles. The summed E-state index contributed by atoms with van der Waals surface area (Å²) in [6.07, 6.45) is 1.30. The number of oxazole rings is 1. The highest BCUT2D eigenvalue weighted by molar-refractivity contribution is 6.23. The molecule has 10 nitrogen and oxygen atoms in total. The van der Waals surface area contributed by atoms with E-state index in [1.54, 1.807) is 42.5 Å². The number of carbonyl (C=O) groups excluding carboxylic acids is 3. The van der Waals surface area contributed by atoms with Gasteiger partial charge in [-0.3, -0.25) is 14.4 Å². The van der Waals surface area contributed by atoms with E-state index in [2.05, 4.69) is 4.98 Å². The van der Waals surface area contributed by atoms with Gasteiger partial charge in [-0.15, -0.1) is 0 Å².